The molecule has 25 heavy (non-hydrogen) atoms. The van der Waals surface area contributed by atoms with Crippen molar-refractivity contribution >= 4 is 5.91 Å². The van der Waals surface area contributed by atoms with Crippen molar-refractivity contribution in [3.05, 3.63) is 59.7 Å². The van der Waals surface area contributed by atoms with Gasteiger partial charge in [-0.2, -0.15) is 0 Å². The molecule has 0 radical (unpaired) electrons. The highest BCUT2D eigenvalue weighted by Crippen LogP contribution is 2.27. The Morgan fingerprint density at radius 1 is 1.20 bits per heavy atom. The maximum Gasteiger partial charge on any atom is 0.240 e. The zero-order chi connectivity index (χ0) is 17.7. The van der Waals surface area contributed by atoms with E-state index < -0.39 is 5.54 Å². The molecule has 0 aliphatic carbocycles. The first-order valence-corrected chi connectivity index (χ1v) is 8.54. The second kappa shape index (κ2) is 7.68. The van der Waals surface area contributed by atoms with Crippen LogP contribution >= 0.6 is 0 Å². The summed E-state index contributed by atoms with van der Waals surface area (Å²) in [5.41, 5.74) is 7.40. The summed E-state index contributed by atoms with van der Waals surface area (Å²) in [6.45, 7) is 3.44. The van der Waals surface area contributed by atoms with Crippen LogP contribution in [0, 0.1) is 6.92 Å². The fourth-order valence-electron chi connectivity index (χ4n) is 2.83. The van der Waals surface area contributed by atoms with E-state index in [0.29, 0.717) is 32.6 Å². The molecular weight excluding hydrogens is 316 g/mol. The van der Waals surface area contributed by atoms with Gasteiger partial charge in [0.2, 0.25) is 5.91 Å². The van der Waals surface area contributed by atoms with Crippen LogP contribution in [0.5, 0.6) is 11.5 Å². The molecule has 1 heterocycles. The summed E-state index contributed by atoms with van der Waals surface area (Å²) < 4.78 is 11.3. The third-order valence-electron chi connectivity index (χ3n) is 4.47. The zero-order valence-corrected chi connectivity index (χ0v) is 14.5. The van der Waals surface area contributed by atoms with E-state index in [9.17, 15) is 4.79 Å². The van der Waals surface area contributed by atoms with Crippen molar-refractivity contribution in [2.75, 3.05) is 13.2 Å². The third kappa shape index (κ3) is 4.38. The van der Waals surface area contributed by atoms with E-state index in [1.165, 1.54) is 0 Å². The van der Waals surface area contributed by atoms with Crippen LogP contribution in [0.1, 0.15) is 24.0 Å². The van der Waals surface area contributed by atoms with Crippen molar-refractivity contribution < 1.29 is 14.3 Å². The highest BCUT2D eigenvalue weighted by molar-refractivity contribution is 5.86. The Kier molecular flexibility index (Phi) is 5.36. The van der Waals surface area contributed by atoms with Gasteiger partial charge in [0.05, 0.1) is 5.54 Å². The van der Waals surface area contributed by atoms with Crippen LogP contribution in [-0.4, -0.2) is 24.7 Å². The number of hydrogen-bond donors (Lipinski definition) is 2. The van der Waals surface area contributed by atoms with Gasteiger partial charge >= 0.3 is 0 Å². The Balaban J connectivity index is 1.70. The van der Waals surface area contributed by atoms with Crippen LogP contribution < -0.4 is 15.8 Å². The molecule has 5 nitrogen and oxygen atoms in total. The lowest BCUT2D eigenvalue weighted by molar-refractivity contribution is -0.129. The summed E-state index contributed by atoms with van der Waals surface area (Å²) >= 11 is 0. The Morgan fingerprint density at radius 3 is 2.64 bits per heavy atom. The summed E-state index contributed by atoms with van der Waals surface area (Å²) in [5, 5.41) is 2.96. The molecule has 0 spiro atoms. The topological polar surface area (TPSA) is 73.6 Å². The van der Waals surface area contributed by atoms with E-state index in [2.05, 4.69) is 5.32 Å². The molecule has 2 aromatic rings. The predicted octanol–water partition coefficient (Wildman–Crippen LogP) is 2.91. The second-order valence-electron chi connectivity index (χ2n) is 6.48. The van der Waals surface area contributed by atoms with Gasteiger partial charge in [-0.25, -0.2) is 0 Å². The molecule has 0 atom stereocenters. The van der Waals surface area contributed by atoms with E-state index in [4.69, 9.17) is 15.2 Å². The summed E-state index contributed by atoms with van der Waals surface area (Å²) in [7, 11) is 0. The van der Waals surface area contributed by atoms with Gasteiger partial charge in [0.15, 0.2) is 0 Å². The van der Waals surface area contributed by atoms with Gasteiger partial charge in [0.1, 0.15) is 11.5 Å². The lowest BCUT2D eigenvalue weighted by Gasteiger charge is -2.31. The molecule has 0 unspecified atom stereocenters. The minimum absolute atomic E-state index is 0.137. The molecule has 1 aliphatic rings. The number of amides is 1. The minimum Gasteiger partial charge on any atom is -0.457 e. The van der Waals surface area contributed by atoms with E-state index in [1.807, 2.05) is 55.5 Å². The molecular formula is C20H24N2O3. The molecule has 0 bridgehead atoms. The lowest BCUT2D eigenvalue weighted by atomic mass is 9.90. The van der Waals surface area contributed by atoms with Gasteiger partial charge in [-0.15, -0.1) is 0 Å². The number of aryl methyl sites for hydroxylation is 1. The molecule has 0 aromatic heterocycles. The van der Waals surface area contributed by atoms with Gasteiger partial charge in [-0.05, 0) is 43.5 Å². The number of carbonyl (C=O) groups excluding carboxylic acids is 1. The quantitative estimate of drug-likeness (QED) is 0.878. The molecule has 1 aliphatic heterocycles. The fraction of sp³-hybridized carbons (Fsp3) is 0.350. The molecule has 1 amide bonds. The van der Waals surface area contributed by atoms with Crippen LogP contribution in [0.3, 0.4) is 0 Å². The Bertz CT molecular complexity index is 725. The van der Waals surface area contributed by atoms with Crippen LogP contribution in [0.25, 0.3) is 0 Å². The standard InChI is InChI=1S/C20H24N2O3/c1-15-7-8-16(18(13-15)25-17-5-3-2-4-6-17)14-22-19(23)20(21)9-11-24-12-10-20/h2-8,13H,9-12,14,21H2,1H3,(H,22,23). The molecule has 2 aromatic carbocycles. The number of para-hydroxylation sites is 1. The van der Waals surface area contributed by atoms with Crippen LogP contribution in [0.15, 0.2) is 48.5 Å². The predicted molar refractivity (Wildman–Crippen MR) is 96.5 cm³/mol. The maximum atomic E-state index is 12.5. The largest absolute Gasteiger partial charge is 0.457 e. The van der Waals surface area contributed by atoms with E-state index in [-0.39, 0.29) is 5.91 Å². The summed E-state index contributed by atoms with van der Waals surface area (Å²) in [4.78, 5) is 12.5. The van der Waals surface area contributed by atoms with Crippen LogP contribution in [0.4, 0.5) is 0 Å². The normalized spacial score (nSPS) is 16.2. The van der Waals surface area contributed by atoms with Crippen LogP contribution in [0.2, 0.25) is 0 Å². The Morgan fingerprint density at radius 2 is 1.92 bits per heavy atom. The molecule has 0 saturated carbocycles. The molecule has 5 heteroatoms. The first kappa shape index (κ1) is 17.5. The van der Waals surface area contributed by atoms with Crippen molar-refractivity contribution in [1.82, 2.24) is 5.32 Å². The average Bonchev–Trinajstić information content (AvgIpc) is 2.62. The summed E-state index contributed by atoms with van der Waals surface area (Å²) in [6, 6.07) is 15.6. The van der Waals surface area contributed by atoms with Crippen molar-refractivity contribution in [1.29, 1.82) is 0 Å². The molecule has 3 rings (SSSR count). The van der Waals surface area contributed by atoms with Crippen molar-refractivity contribution in [3.8, 4) is 11.5 Å². The van der Waals surface area contributed by atoms with Gasteiger partial charge in [-0.3, -0.25) is 4.79 Å². The lowest BCUT2D eigenvalue weighted by Crippen LogP contribution is -2.56. The highest BCUT2D eigenvalue weighted by atomic mass is 16.5. The van der Waals surface area contributed by atoms with Crippen molar-refractivity contribution in [2.45, 2.75) is 31.8 Å². The monoisotopic (exact) mass is 340 g/mol. The summed E-state index contributed by atoms with van der Waals surface area (Å²) in [6.07, 6.45) is 1.08. The number of carbonyl (C=O) groups is 1. The highest BCUT2D eigenvalue weighted by Gasteiger charge is 2.35. The van der Waals surface area contributed by atoms with E-state index in [0.717, 1.165) is 22.6 Å². The van der Waals surface area contributed by atoms with E-state index >= 15 is 0 Å². The second-order valence-corrected chi connectivity index (χ2v) is 6.48. The number of rotatable bonds is 5. The zero-order valence-electron chi connectivity index (χ0n) is 14.5. The SMILES string of the molecule is Cc1ccc(CNC(=O)C2(N)CCOCC2)c(Oc2ccccc2)c1. The number of nitrogens with two attached hydrogens (primary N) is 1. The average molecular weight is 340 g/mol. The molecule has 1 fully saturated rings. The number of ether oxygens (including phenoxy) is 2. The first-order chi connectivity index (χ1) is 12.1. The molecule has 132 valence electrons. The smallest absolute Gasteiger partial charge is 0.240 e. The van der Waals surface area contributed by atoms with Gasteiger partial charge in [0, 0.05) is 25.3 Å². The number of nitrogens with one attached hydrogen (secondary N) is 1. The Hall–Kier alpha value is -2.37. The first-order valence-electron chi connectivity index (χ1n) is 8.54. The Labute approximate surface area is 148 Å². The van der Waals surface area contributed by atoms with Crippen molar-refractivity contribution in [2.24, 2.45) is 5.73 Å². The van der Waals surface area contributed by atoms with Crippen LogP contribution in [-0.2, 0) is 16.1 Å². The van der Waals surface area contributed by atoms with E-state index in [1.54, 1.807) is 0 Å². The van der Waals surface area contributed by atoms with Gasteiger partial charge < -0.3 is 20.5 Å². The number of benzene rings is 2. The molecule has 1 saturated heterocycles. The fourth-order valence-corrected chi connectivity index (χ4v) is 2.83. The third-order valence-corrected chi connectivity index (χ3v) is 4.47. The number of hydrogen-bond acceptors (Lipinski definition) is 4. The molecule has 3 N–H and O–H groups in total. The van der Waals surface area contributed by atoms with Crippen molar-refractivity contribution in [3.63, 3.8) is 0 Å². The maximum absolute atomic E-state index is 12.5. The summed E-state index contributed by atoms with van der Waals surface area (Å²) in [5.74, 6) is 1.37. The van der Waals surface area contributed by atoms with Gasteiger partial charge in [-0.1, -0.05) is 30.3 Å². The minimum atomic E-state index is -0.844. The van der Waals surface area contributed by atoms with Gasteiger partial charge in [0.25, 0.3) is 0 Å².